The van der Waals surface area contributed by atoms with E-state index in [2.05, 4.69) is 10.2 Å². The number of aliphatic carboxylic acids is 1. The van der Waals surface area contributed by atoms with Gasteiger partial charge in [0.1, 0.15) is 0 Å². The minimum atomic E-state index is -0.931. The molecule has 0 bridgehead atoms. The summed E-state index contributed by atoms with van der Waals surface area (Å²) >= 11 is 0. The molecule has 0 saturated heterocycles. The van der Waals surface area contributed by atoms with Crippen molar-refractivity contribution in [1.82, 2.24) is 5.32 Å². The molecule has 0 aliphatic carbocycles. The van der Waals surface area contributed by atoms with Crippen LogP contribution in [-0.4, -0.2) is 35.2 Å². The van der Waals surface area contributed by atoms with Gasteiger partial charge in [-0.2, -0.15) is 0 Å². The maximum absolute atomic E-state index is 11.6. The molecule has 0 aromatic heterocycles. The predicted molar refractivity (Wildman–Crippen MR) is 75.0 cm³/mol. The van der Waals surface area contributed by atoms with Gasteiger partial charge in [-0.25, -0.2) is 0 Å². The molecule has 0 fully saturated rings. The molecule has 8 heteroatoms. The van der Waals surface area contributed by atoms with Crippen LogP contribution in [0.25, 0.3) is 0 Å². The molecular formula is C13H24N2O6. The second-order valence-corrected chi connectivity index (χ2v) is 5.93. The summed E-state index contributed by atoms with van der Waals surface area (Å²) in [4.78, 5) is 36.8. The number of carbonyl (C=O) groups excluding carboxylic acids is 1. The van der Waals surface area contributed by atoms with E-state index in [1.54, 1.807) is 0 Å². The summed E-state index contributed by atoms with van der Waals surface area (Å²) in [7, 11) is 0. The third-order valence-electron chi connectivity index (χ3n) is 3.09. The lowest BCUT2D eigenvalue weighted by Crippen LogP contribution is -2.39. The fourth-order valence-electron chi connectivity index (χ4n) is 1.77. The van der Waals surface area contributed by atoms with Gasteiger partial charge in [-0.1, -0.05) is 27.2 Å². The molecule has 0 aliphatic rings. The van der Waals surface area contributed by atoms with E-state index in [4.69, 9.17) is 5.11 Å². The second-order valence-electron chi connectivity index (χ2n) is 5.93. The van der Waals surface area contributed by atoms with E-state index in [1.165, 1.54) is 0 Å². The SMILES string of the molecule is CC(C)(C)C(CNC(=O)CCCCCO[N+](=O)[O-])C(=O)O. The molecular weight excluding hydrogens is 280 g/mol. The third-order valence-corrected chi connectivity index (χ3v) is 3.09. The first-order valence-electron chi connectivity index (χ1n) is 6.91. The highest BCUT2D eigenvalue weighted by atomic mass is 16.9. The van der Waals surface area contributed by atoms with Gasteiger partial charge in [0.2, 0.25) is 5.91 Å². The first-order chi connectivity index (χ1) is 9.64. The Morgan fingerprint density at radius 3 is 2.38 bits per heavy atom. The van der Waals surface area contributed by atoms with E-state index in [0.29, 0.717) is 19.3 Å². The van der Waals surface area contributed by atoms with E-state index in [9.17, 15) is 19.7 Å². The van der Waals surface area contributed by atoms with Crippen LogP contribution in [0, 0.1) is 21.4 Å². The summed E-state index contributed by atoms with van der Waals surface area (Å²) in [6, 6.07) is 0. The van der Waals surface area contributed by atoms with E-state index >= 15 is 0 Å². The van der Waals surface area contributed by atoms with Gasteiger partial charge >= 0.3 is 5.97 Å². The number of carbonyl (C=O) groups is 2. The van der Waals surface area contributed by atoms with E-state index < -0.39 is 22.4 Å². The number of nitrogens with zero attached hydrogens (tertiary/aromatic N) is 1. The molecule has 122 valence electrons. The summed E-state index contributed by atoms with van der Waals surface area (Å²) in [5, 5.41) is 20.8. The number of hydrogen-bond donors (Lipinski definition) is 2. The molecule has 0 aromatic carbocycles. The largest absolute Gasteiger partial charge is 0.481 e. The molecule has 1 amide bonds. The van der Waals surface area contributed by atoms with Crippen molar-refractivity contribution < 1.29 is 24.6 Å². The summed E-state index contributed by atoms with van der Waals surface area (Å²) in [5.74, 6) is -1.78. The highest BCUT2D eigenvalue weighted by Crippen LogP contribution is 2.25. The number of amides is 1. The van der Waals surface area contributed by atoms with Crippen LogP contribution in [0.5, 0.6) is 0 Å². The molecule has 0 spiro atoms. The number of hydrogen-bond acceptors (Lipinski definition) is 5. The lowest BCUT2D eigenvalue weighted by molar-refractivity contribution is -0.757. The second kappa shape index (κ2) is 9.15. The minimum absolute atomic E-state index is 0.0275. The molecule has 0 rings (SSSR count). The van der Waals surface area contributed by atoms with Crippen molar-refractivity contribution >= 4 is 11.9 Å². The normalized spacial score (nSPS) is 12.5. The van der Waals surface area contributed by atoms with Crippen molar-refractivity contribution in [3.05, 3.63) is 10.1 Å². The summed E-state index contributed by atoms with van der Waals surface area (Å²) in [5.41, 5.74) is -0.432. The molecule has 0 radical (unpaired) electrons. The molecule has 8 nitrogen and oxygen atoms in total. The van der Waals surface area contributed by atoms with Crippen LogP contribution in [0.3, 0.4) is 0 Å². The summed E-state index contributed by atoms with van der Waals surface area (Å²) in [6.07, 6.45) is 2.01. The smallest absolute Gasteiger partial charge is 0.308 e. The Morgan fingerprint density at radius 1 is 1.29 bits per heavy atom. The van der Waals surface area contributed by atoms with Gasteiger partial charge in [-0.3, -0.25) is 9.59 Å². The zero-order chi connectivity index (χ0) is 16.5. The summed E-state index contributed by atoms with van der Waals surface area (Å²) < 4.78 is 0. The molecule has 0 heterocycles. The van der Waals surface area contributed by atoms with Crippen LogP contribution in [0.2, 0.25) is 0 Å². The molecule has 0 aromatic rings. The predicted octanol–water partition coefficient (Wildman–Crippen LogP) is 1.62. The number of carboxylic acid groups (broad SMARTS) is 1. The van der Waals surface area contributed by atoms with E-state index in [1.807, 2.05) is 20.8 Å². The Kier molecular flexibility index (Phi) is 8.34. The topological polar surface area (TPSA) is 119 Å². The highest BCUT2D eigenvalue weighted by molar-refractivity contribution is 5.77. The van der Waals surface area contributed by atoms with Crippen molar-refractivity contribution in [2.75, 3.05) is 13.2 Å². The lowest BCUT2D eigenvalue weighted by atomic mass is 9.80. The lowest BCUT2D eigenvalue weighted by Gasteiger charge is -2.27. The monoisotopic (exact) mass is 304 g/mol. The highest BCUT2D eigenvalue weighted by Gasteiger charge is 2.31. The van der Waals surface area contributed by atoms with Gasteiger partial charge in [-0.05, 0) is 18.3 Å². The Labute approximate surface area is 124 Å². The molecule has 1 unspecified atom stereocenters. The fourth-order valence-corrected chi connectivity index (χ4v) is 1.77. The van der Waals surface area contributed by atoms with Gasteiger partial charge < -0.3 is 15.3 Å². The van der Waals surface area contributed by atoms with Crippen LogP contribution < -0.4 is 5.32 Å². The van der Waals surface area contributed by atoms with Gasteiger partial charge in [0.15, 0.2) is 0 Å². The van der Waals surface area contributed by atoms with Gasteiger partial charge in [-0.15, -0.1) is 10.1 Å². The Bertz CT molecular complexity index is 364. The third kappa shape index (κ3) is 9.64. The zero-order valence-corrected chi connectivity index (χ0v) is 12.8. The van der Waals surface area contributed by atoms with Gasteiger partial charge in [0.05, 0.1) is 12.5 Å². The van der Waals surface area contributed by atoms with E-state index in [0.717, 1.165) is 0 Å². The van der Waals surface area contributed by atoms with Crippen molar-refractivity contribution in [1.29, 1.82) is 0 Å². The molecule has 0 saturated carbocycles. The number of carboxylic acids is 1. The average Bonchev–Trinajstić information content (AvgIpc) is 2.31. The Hall–Kier alpha value is -1.86. The minimum Gasteiger partial charge on any atom is -0.481 e. The quantitative estimate of drug-likeness (QED) is 0.359. The molecule has 2 N–H and O–H groups in total. The van der Waals surface area contributed by atoms with Crippen molar-refractivity contribution in [2.24, 2.45) is 11.3 Å². The van der Waals surface area contributed by atoms with Crippen LogP contribution in [0.4, 0.5) is 0 Å². The van der Waals surface area contributed by atoms with Crippen LogP contribution in [0.1, 0.15) is 46.5 Å². The first-order valence-corrected chi connectivity index (χ1v) is 6.91. The van der Waals surface area contributed by atoms with Gasteiger partial charge in [0.25, 0.3) is 5.09 Å². The van der Waals surface area contributed by atoms with Crippen molar-refractivity contribution in [3.8, 4) is 0 Å². The summed E-state index contributed by atoms with van der Waals surface area (Å²) in [6.45, 7) is 5.57. The first kappa shape index (κ1) is 19.1. The molecule has 1 atom stereocenters. The maximum atomic E-state index is 11.6. The van der Waals surface area contributed by atoms with E-state index in [-0.39, 0.29) is 25.5 Å². The number of nitrogens with one attached hydrogen (secondary N) is 1. The Morgan fingerprint density at radius 2 is 1.90 bits per heavy atom. The number of rotatable bonds is 10. The molecule has 21 heavy (non-hydrogen) atoms. The van der Waals surface area contributed by atoms with Crippen molar-refractivity contribution in [2.45, 2.75) is 46.5 Å². The van der Waals surface area contributed by atoms with Crippen molar-refractivity contribution in [3.63, 3.8) is 0 Å². The zero-order valence-electron chi connectivity index (χ0n) is 12.8. The standard InChI is InChI=1S/C13H24N2O6/c1-13(2,3)10(12(17)18)9-14-11(16)7-5-4-6-8-21-15(19)20/h10H,4-9H2,1-3H3,(H,14,16)(H,17,18). The average molecular weight is 304 g/mol. The van der Waals surface area contributed by atoms with Crippen LogP contribution in [0.15, 0.2) is 0 Å². The molecule has 0 aliphatic heterocycles. The van der Waals surface area contributed by atoms with Crippen LogP contribution >= 0.6 is 0 Å². The maximum Gasteiger partial charge on any atom is 0.308 e. The van der Waals surface area contributed by atoms with Gasteiger partial charge in [0, 0.05) is 13.0 Å². The Balaban J connectivity index is 3.84. The van der Waals surface area contributed by atoms with Crippen LogP contribution in [-0.2, 0) is 14.4 Å². The number of unbranched alkanes of at least 4 members (excludes halogenated alkanes) is 2. The fraction of sp³-hybridized carbons (Fsp3) is 0.846.